The van der Waals surface area contributed by atoms with E-state index >= 15 is 0 Å². The molecule has 0 heterocycles. The van der Waals surface area contributed by atoms with E-state index in [9.17, 15) is 14.7 Å². The molecule has 4 fully saturated rings. The van der Waals surface area contributed by atoms with Gasteiger partial charge in [0.15, 0.2) is 0 Å². The molecule has 0 saturated heterocycles. The molecule has 3 heteroatoms. The minimum Gasteiger partial charge on any atom is -0.481 e. The summed E-state index contributed by atoms with van der Waals surface area (Å²) >= 11 is 0. The lowest BCUT2D eigenvalue weighted by Crippen LogP contribution is -2.65. The Kier molecular flexibility index (Phi) is 4.83. The molecular formula is C30H46O3. The van der Waals surface area contributed by atoms with Crippen molar-refractivity contribution in [1.82, 2.24) is 0 Å². The number of carboxylic acids is 1. The highest BCUT2D eigenvalue weighted by Gasteiger charge is 2.69. The van der Waals surface area contributed by atoms with Gasteiger partial charge in [-0.15, -0.1) is 0 Å². The summed E-state index contributed by atoms with van der Waals surface area (Å²) in [5.74, 6) is 1.35. The molecule has 0 aromatic carbocycles. The molecule has 0 amide bonds. The fourth-order valence-electron chi connectivity index (χ4n) is 10.5. The molecule has 0 spiro atoms. The lowest BCUT2D eigenvalue weighted by Gasteiger charge is -2.71. The first-order valence-corrected chi connectivity index (χ1v) is 13.6. The number of hydrogen-bond donors (Lipinski definition) is 1. The fourth-order valence-corrected chi connectivity index (χ4v) is 10.5. The Bertz CT molecular complexity index is 927. The van der Waals surface area contributed by atoms with Crippen LogP contribution >= 0.6 is 0 Å². The first-order chi connectivity index (χ1) is 15.1. The molecule has 1 N–H and O–H groups in total. The smallest absolute Gasteiger partial charge is 0.313 e. The van der Waals surface area contributed by atoms with Gasteiger partial charge in [0, 0.05) is 11.8 Å². The zero-order valence-corrected chi connectivity index (χ0v) is 22.1. The second kappa shape index (κ2) is 6.76. The first kappa shape index (κ1) is 23.6. The predicted octanol–water partition coefficient (Wildman–Crippen LogP) is 7.44. The van der Waals surface area contributed by atoms with Crippen molar-refractivity contribution in [1.29, 1.82) is 0 Å². The van der Waals surface area contributed by atoms with Gasteiger partial charge < -0.3 is 5.11 Å². The number of carbonyl (C=O) groups excluding carboxylic acids is 1. The van der Waals surface area contributed by atoms with Crippen molar-refractivity contribution in [3.63, 3.8) is 0 Å². The van der Waals surface area contributed by atoms with Crippen LogP contribution in [0.1, 0.15) is 113 Å². The van der Waals surface area contributed by atoms with E-state index in [1.54, 1.807) is 0 Å². The van der Waals surface area contributed by atoms with Crippen LogP contribution in [-0.2, 0) is 9.59 Å². The average molecular weight is 455 g/mol. The number of rotatable bonds is 1. The maximum absolute atomic E-state index is 12.9. The number of carbonyl (C=O) groups is 2. The highest BCUT2D eigenvalue weighted by molar-refractivity contribution is 5.85. The third-order valence-electron chi connectivity index (χ3n) is 12.8. The van der Waals surface area contributed by atoms with Crippen molar-refractivity contribution in [2.45, 2.75) is 113 Å². The lowest BCUT2D eigenvalue weighted by atomic mass is 9.32. The molecule has 0 bridgehead atoms. The van der Waals surface area contributed by atoms with E-state index in [4.69, 9.17) is 0 Å². The van der Waals surface area contributed by atoms with E-state index < -0.39 is 11.4 Å². The van der Waals surface area contributed by atoms with Crippen LogP contribution in [0.2, 0.25) is 0 Å². The number of aliphatic carboxylic acids is 1. The molecule has 5 aliphatic rings. The predicted molar refractivity (Wildman–Crippen MR) is 132 cm³/mol. The SMILES string of the molecule is CC1(C)C=C2[C@H]3CCC4[C@@]5(C)CCC(=O)C(C)(C)C5CC[C@@]4(C)[C@@]3(C)CC[C@@]2(C(=O)O)CC1. The van der Waals surface area contributed by atoms with Gasteiger partial charge in [-0.2, -0.15) is 0 Å². The van der Waals surface area contributed by atoms with Crippen molar-refractivity contribution < 1.29 is 14.7 Å². The van der Waals surface area contributed by atoms with Crippen LogP contribution in [0.5, 0.6) is 0 Å². The van der Waals surface area contributed by atoms with Gasteiger partial charge in [0.25, 0.3) is 0 Å². The Labute approximate surface area is 201 Å². The topological polar surface area (TPSA) is 54.4 Å². The van der Waals surface area contributed by atoms with Crippen LogP contribution in [0.3, 0.4) is 0 Å². The van der Waals surface area contributed by atoms with Crippen LogP contribution in [0.15, 0.2) is 11.6 Å². The Hall–Kier alpha value is -1.12. The normalized spacial score (nSPS) is 50.2. The Morgan fingerprint density at radius 2 is 1.48 bits per heavy atom. The largest absolute Gasteiger partial charge is 0.481 e. The number of allylic oxidation sites excluding steroid dienone is 1. The number of fused-ring (bicyclic) bond motifs is 7. The average Bonchev–Trinajstić information content (AvgIpc) is 2.71. The summed E-state index contributed by atoms with van der Waals surface area (Å²) in [4.78, 5) is 25.6. The number of hydrogen-bond acceptors (Lipinski definition) is 2. The second-order valence-electron chi connectivity index (χ2n) is 14.7. The summed E-state index contributed by atoms with van der Waals surface area (Å²) in [5, 5.41) is 10.5. The zero-order chi connectivity index (χ0) is 24.2. The summed E-state index contributed by atoms with van der Waals surface area (Å²) in [6.45, 7) is 16.6. The molecule has 0 aromatic rings. The van der Waals surface area contributed by atoms with E-state index in [1.165, 1.54) is 18.4 Å². The van der Waals surface area contributed by atoms with Gasteiger partial charge in [0.1, 0.15) is 5.78 Å². The van der Waals surface area contributed by atoms with Crippen LogP contribution in [0, 0.1) is 50.2 Å². The monoisotopic (exact) mass is 454 g/mol. The highest BCUT2D eigenvalue weighted by atomic mass is 16.4. The summed E-state index contributed by atoms with van der Waals surface area (Å²) in [6, 6.07) is 0. The summed E-state index contributed by atoms with van der Waals surface area (Å²) < 4.78 is 0. The molecular weight excluding hydrogens is 408 g/mol. The van der Waals surface area contributed by atoms with E-state index in [-0.39, 0.29) is 27.1 Å². The molecule has 33 heavy (non-hydrogen) atoms. The second-order valence-corrected chi connectivity index (χ2v) is 14.7. The summed E-state index contributed by atoms with van der Waals surface area (Å²) in [6.07, 6.45) is 12.4. The van der Waals surface area contributed by atoms with E-state index in [0.29, 0.717) is 23.5 Å². The lowest BCUT2D eigenvalue weighted by molar-refractivity contribution is -0.213. The molecule has 3 nitrogen and oxygen atoms in total. The number of carboxylic acid groups (broad SMARTS) is 1. The van der Waals surface area contributed by atoms with Gasteiger partial charge in [0.05, 0.1) is 5.41 Å². The fraction of sp³-hybridized carbons (Fsp3) is 0.867. The van der Waals surface area contributed by atoms with Crippen molar-refractivity contribution in [2.75, 3.05) is 0 Å². The van der Waals surface area contributed by atoms with Gasteiger partial charge >= 0.3 is 5.97 Å². The molecule has 5 rings (SSSR count). The van der Waals surface area contributed by atoms with Gasteiger partial charge in [-0.3, -0.25) is 9.59 Å². The Balaban J connectivity index is 1.59. The van der Waals surface area contributed by atoms with Gasteiger partial charge in [-0.25, -0.2) is 0 Å². The molecule has 4 saturated carbocycles. The molecule has 5 aliphatic carbocycles. The van der Waals surface area contributed by atoms with Crippen LogP contribution in [-0.4, -0.2) is 16.9 Å². The van der Waals surface area contributed by atoms with Gasteiger partial charge in [-0.1, -0.05) is 60.1 Å². The quantitative estimate of drug-likeness (QED) is 0.419. The minimum atomic E-state index is -0.636. The number of ketones is 1. The molecule has 184 valence electrons. The van der Waals surface area contributed by atoms with Crippen molar-refractivity contribution in [3.05, 3.63) is 11.6 Å². The summed E-state index contributed by atoms with van der Waals surface area (Å²) in [5.41, 5.74) is 1.06. The van der Waals surface area contributed by atoms with Crippen LogP contribution in [0.25, 0.3) is 0 Å². The highest BCUT2D eigenvalue weighted by Crippen LogP contribution is 2.76. The maximum atomic E-state index is 12.9. The zero-order valence-electron chi connectivity index (χ0n) is 22.1. The van der Waals surface area contributed by atoms with Crippen molar-refractivity contribution in [3.8, 4) is 0 Å². The Morgan fingerprint density at radius 3 is 2.15 bits per heavy atom. The molecule has 7 atom stereocenters. The molecule has 2 unspecified atom stereocenters. The summed E-state index contributed by atoms with van der Waals surface area (Å²) in [7, 11) is 0. The minimum absolute atomic E-state index is 0.0850. The number of Topliss-reactive ketones (excluding diaryl/α,β-unsaturated/α-hetero) is 1. The van der Waals surface area contributed by atoms with E-state index in [1.807, 2.05) is 0 Å². The van der Waals surface area contributed by atoms with Crippen LogP contribution in [0.4, 0.5) is 0 Å². The molecule has 0 radical (unpaired) electrons. The molecule has 0 aliphatic heterocycles. The Morgan fingerprint density at radius 1 is 0.818 bits per heavy atom. The van der Waals surface area contributed by atoms with E-state index in [0.717, 1.165) is 51.4 Å². The first-order valence-electron chi connectivity index (χ1n) is 13.6. The van der Waals surface area contributed by atoms with Gasteiger partial charge in [-0.05, 0) is 97.2 Å². The molecule has 0 aromatic heterocycles. The van der Waals surface area contributed by atoms with Crippen molar-refractivity contribution >= 4 is 11.8 Å². The van der Waals surface area contributed by atoms with Gasteiger partial charge in [0.2, 0.25) is 0 Å². The van der Waals surface area contributed by atoms with Crippen molar-refractivity contribution in [2.24, 2.45) is 50.2 Å². The maximum Gasteiger partial charge on any atom is 0.313 e. The third-order valence-corrected chi connectivity index (χ3v) is 12.8. The van der Waals surface area contributed by atoms with E-state index in [2.05, 4.69) is 54.5 Å². The standard InChI is InChI=1S/C30H46O3/c1-25(2)14-16-30(24(32)33)17-15-28(6)19(20(30)18-25)8-9-22-27(5)12-11-23(31)26(3,4)21(27)10-13-29(22,28)7/h18-19,21-22H,8-17H2,1-7H3,(H,32,33)/t19-,21?,22?,27+,28+,29-,30+/m1/s1. The third kappa shape index (κ3) is 2.80. The van der Waals surface area contributed by atoms with Crippen LogP contribution < -0.4 is 0 Å².